The van der Waals surface area contributed by atoms with Gasteiger partial charge in [-0.15, -0.1) is 11.3 Å². The van der Waals surface area contributed by atoms with Crippen LogP contribution in [0.3, 0.4) is 0 Å². The number of nitrogens with one attached hydrogen (secondary N) is 1. The number of ketones is 1. The summed E-state index contributed by atoms with van der Waals surface area (Å²) in [5.74, 6) is -0.0901. The van der Waals surface area contributed by atoms with Crippen molar-refractivity contribution in [3.8, 4) is 0 Å². The predicted molar refractivity (Wildman–Crippen MR) is 108 cm³/mol. The molecule has 1 N–H and O–H groups in total. The second kappa shape index (κ2) is 8.72. The van der Waals surface area contributed by atoms with Crippen LogP contribution in [0, 0.1) is 0 Å². The van der Waals surface area contributed by atoms with E-state index >= 15 is 0 Å². The highest BCUT2D eigenvalue weighted by molar-refractivity contribution is 7.12. The monoisotopic (exact) mass is 430 g/mol. The van der Waals surface area contributed by atoms with Gasteiger partial charge < -0.3 is 5.32 Å². The lowest BCUT2D eigenvalue weighted by Gasteiger charge is -2.23. The predicted octanol–water partition coefficient (Wildman–Crippen LogP) is 5.38. The number of carbonyl (C=O) groups is 2. The minimum atomic E-state index is -0.216. The lowest BCUT2D eigenvalue weighted by Crippen LogP contribution is -2.37. The number of thiophene rings is 1. The molecule has 0 unspecified atom stereocenters. The van der Waals surface area contributed by atoms with Crippen LogP contribution in [0.15, 0.2) is 29.6 Å². The zero-order valence-electron chi connectivity index (χ0n) is 13.8. The molecule has 3 rings (SSSR count). The Morgan fingerprint density at radius 2 is 1.96 bits per heavy atom. The van der Waals surface area contributed by atoms with Crippen molar-refractivity contribution in [2.75, 3.05) is 18.4 Å². The van der Waals surface area contributed by atoms with Gasteiger partial charge in [-0.05, 0) is 43.0 Å². The minimum Gasteiger partial charge on any atom is -0.322 e. The molecule has 26 heavy (non-hydrogen) atoms. The maximum Gasteiger partial charge on any atom is 0.238 e. The van der Waals surface area contributed by atoms with E-state index in [2.05, 4.69) is 5.32 Å². The van der Waals surface area contributed by atoms with E-state index in [-0.39, 0.29) is 24.3 Å². The molecule has 8 heteroatoms. The molecule has 1 aromatic carbocycles. The van der Waals surface area contributed by atoms with Gasteiger partial charge >= 0.3 is 0 Å². The van der Waals surface area contributed by atoms with Gasteiger partial charge in [0.1, 0.15) is 0 Å². The summed E-state index contributed by atoms with van der Waals surface area (Å²) in [6, 6.07) is 6.85. The maximum absolute atomic E-state index is 12.4. The summed E-state index contributed by atoms with van der Waals surface area (Å²) in [5.41, 5.74) is 0.355. The Morgan fingerprint density at radius 1 is 1.23 bits per heavy atom. The molecule has 0 aliphatic carbocycles. The van der Waals surface area contributed by atoms with Crippen LogP contribution in [0.2, 0.25) is 15.1 Å². The highest BCUT2D eigenvalue weighted by atomic mass is 35.5. The van der Waals surface area contributed by atoms with Gasteiger partial charge in [0.15, 0.2) is 5.78 Å². The first-order chi connectivity index (χ1) is 12.4. The van der Waals surface area contributed by atoms with E-state index in [4.69, 9.17) is 34.8 Å². The first kappa shape index (κ1) is 19.6. The zero-order chi connectivity index (χ0) is 18.7. The summed E-state index contributed by atoms with van der Waals surface area (Å²) in [5, 5.41) is 5.64. The molecule has 4 nitrogen and oxygen atoms in total. The van der Waals surface area contributed by atoms with Gasteiger partial charge in [0.2, 0.25) is 5.91 Å². The number of halogens is 3. The number of nitrogens with zero attached hydrogens (tertiary/aromatic N) is 1. The number of anilines is 1. The van der Waals surface area contributed by atoms with Gasteiger partial charge in [0.05, 0.1) is 27.2 Å². The molecular formula is C18H17Cl3N2O2S. The second-order valence-electron chi connectivity index (χ2n) is 6.16. The first-order valence-electron chi connectivity index (χ1n) is 8.19. The molecule has 2 heterocycles. The van der Waals surface area contributed by atoms with E-state index in [9.17, 15) is 9.59 Å². The summed E-state index contributed by atoms with van der Waals surface area (Å²) in [7, 11) is 0. The standard InChI is InChI=1S/C18H17Cl3N2O2S/c19-11-7-13(20)18(14(21)8-11)22-17(25)10-23-5-1-3-12(23)9-15(24)16-4-2-6-26-16/h2,4,6-8,12H,1,3,5,9-10H2,(H,22,25)/t12-/m1/s1. The van der Waals surface area contributed by atoms with Crippen molar-refractivity contribution < 1.29 is 9.59 Å². The number of carbonyl (C=O) groups excluding carboxylic acids is 2. The van der Waals surface area contributed by atoms with Gasteiger partial charge in [-0.1, -0.05) is 40.9 Å². The van der Waals surface area contributed by atoms with Crippen LogP contribution in [0.1, 0.15) is 28.9 Å². The van der Waals surface area contributed by atoms with E-state index in [1.807, 2.05) is 22.4 Å². The average Bonchev–Trinajstić information content (AvgIpc) is 3.23. The fraction of sp³-hybridized carbons (Fsp3) is 0.333. The molecule has 2 aromatic rings. The molecule has 138 valence electrons. The number of hydrogen-bond donors (Lipinski definition) is 1. The van der Waals surface area contributed by atoms with Crippen molar-refractivity contribution in [1.82, 2.24) is 4.90 Å². The summed E-state index contributed by atoms with van der Waals surface area (Å²) in [6.07, 6.45) is 2.31. The van der Waals surface area contributed by atoms with Gasteiger partial charge in [-0.25, -0.2) is 0 Å². The molecule has 0 radical (unpaired) electrons. The third-order valence-electron chi connectivity index (χ3n) is 4.33. The average molecular weight is 432 g/mol. The van der Waals surface area contributed by atoms with Crippen molar-refractivity contribution in [2.45, 2.75) is 25.3 Å². The molecule has 1 aromatic heterocycles. The Morgan fingerprint density at radius 3 is 2.62 bits per heavy atom. The molecule has 1 saturated heterocycles. The van der Waals surface area contributed by atoms with Crippen molar-refractivity contribution >= 4 is 63.5 Å². The van der Waals surface area contributed by atoms with Crippen molar-refractivity contribution in [1.29, 1.82) is 0 Å². The molecule has 0 spiro atoms. The van der Waals surface area contributed by atoms with Crippen LogP contribution >= 0.6 is 46.1 Å². The number of hydrogen-bond acceptors (Lipinski definition) is 4. The Kier molecular flexibility index (Phi) is 6.59. The number of benzene rings is 1. The largest absolute Gasteiger partial charge is 0.322 e. The third-order valence-corrected chi connectivity index (χ3v) is 6.06. The molecule has 1 aliphatic rings. The highest BCUT2D eigenvalue weighted by Gasteiger charge is 2.29. The Balaban J connectivity index is 1.61. The normalized spacial score (nSPS) is 17.4. The van der Waals surface area contributed by atoms with Crippen molar-refractivity contribution in [3.63, 3.8) is 0 Å². The molecule has 0 saturated carbocycles. The fourth-order valence-corrected chi connectivity index (χ4v) is 4.70. The van der Waals surface area contributed by atoms with E-state index in [1.165, 1.54) is 23.5 Å². The smallest absolute Gasteiger partial charge is 0.238 e. The van der Waals surface area contributed by atoms with Gasteiger partial charge in [-0.2, -0.15) is 0 Å². The number of rotatable bonds is 6. The fourth-order valence-electron chi connectivity index (χ4n) is 3.11. The van der Waals surface area contributed by atoms with E-state index in [1.54, 1.807) is 0 Å². The van der Waals surface area contributed by atoms with Gasteiger partial charge in [-0.3, -0.25) is 14.5 Å². The quantitative estimate of drug-likeness (QED) is 0.624. The van der Waals surface area contributed by atoms with Crippen LogP contribution in [0.5, 0.6) is 0 Å². The van der Waals surface area contributed by atoms with Crippen LogP contribution in [0.4, 0.5) is 5.69 Å². The Labute approximate surface area is 171 Å². The third kappa shape index (κ3) is 4.78. The van der Waals surface area contributed by atoms with E-state index in [0.29, 0.717) is 27.2 Å². The summed E-state index contributed by atoms with van der Waals surface area (Å²) in [4.78, 5) is 27.6. The van der Waals surface area contributed by atoms with Gasteiger partial charge in [0, 0.05) is 17.5 Å². The van der Waals surface area contributed by atoms with Crippen molar-refractivity contribution in [2.24, 2.45) is 0 Å². The summed E-state index contributed by atoms with van der Waals surface area (Å²) in [6.45, 7) is 0.982. The number of Topliss-reactive ketones (excluding diaryl/α,β-unsaturated/α-hetero) is 1. The van der Waals surface area contributed by atoms with E-state index < -0.39 is 0 Å². The lowest BCUT2D eigenvalue weighted by molar-refractivity contribution is -0.117. The van der Waals surface area contributed by atoms with Crippen LogP contribution in [-0.2, 0) is 4.79 Å². The van der Waals surface area contributed by atoms with Crippen LogP contribution < -0.4 is 5.32 Å². The highest BCUT2D eigenvalue weighted by Crippen LogP contribution is 2.33. The molecule has 1 atom stereocenters. The summed E-state index contributed by atoms with van der Waals surface area (Å²) >= 11 is 19.6. The maximum atomic E-state index is 12.4. The molecular weight excluding hydrogens is 415 g/mol. The summed E-state index contributed by atoms with van der Waals surface area (Å²) < 4.78 is 0. The Bertz CT molecular complexity index is 788. The molecule has 1 amide bonds. The minimum absolute atomic E-state index is 0.0755. The SMILES string of the molecule is O=C(CN1CCC[C@@H]1CC(=O)c1cccs1)Nc1c(Cl)cc(Cl)cc1Cl. The molecule has 1 aliphatic heterocycles. The Hall–Kier alpha value is -1.11. The second-order valence-corrected chi connectivity index (χ2v) is 8.36. The van der Waals surface area contributed by atoms with Crippen molar-refractivity contribution in [3.05, 3.63) is 49.6 Å². The number of likely N-dealkylation sites (tertiary alicyclic amines) is 1. The van der Waals surface area contributed by atoms with E-state index in [0.717, 1.165) is 24.3 Å². The first-order valence-corrected chi connectivity index (χ1v) is 10.2. The number of amides is 1. The van der Waals surface area contributed by atoms with Crippen LogP contribution in [-0.4, -0.2) is 35.7 Å². The van der Waals surface area contributed by atoms with Crippen LogP contribution in [0.25, 0.3) is 0 Å². The lowest BCUT2D eigenvalue weighted by atomic mass is 10.1. The molecule has 0 bridgehead atoms. The molecule has 1 fully saturated rings. The zero-order valence-corrected chi connectivity index (χ0v) is 16.9. The topological polar surface area (TPSA) is 49.4 Å². The van der Waals surface area contributed by atoms with Gasteiger partial charge in [0.25, 0.3) is 0 Å².